The van der Waals surface area contributed by atoms with Crippen LogP contribution in [0.2, 0.25) is 0 Å². The minimum atomic E-state index is -0.493. The van der Waals surface area contributed by atoms with E-state index in [9.17, 15) is 19.2 Å². The molecule has 0 saturated carbocycles. The van der Waals surface area contributed by atoms with Gasteiger partial charge in [0.2, 0.25) is 0 Å². The van der Waals surface area contributed by atoms with E-state index in [4.69, 9.17) is 9.47 Å². The van der Waals surface area contributed by atoms with Crippen LogP contribution in [-0.4, -0.2) is 30.8 Å². The lowest BCUT2D eigenvalue weighted by Crippen LogP contribution is -2.24. The summed E-state index contributed by atoms with van der Waals surface area (Å²) >= 11 is 0. The van der Waals surface area contributed by atoms with Crippen molar-refractivity contribution in [1.29, 1.82) is 0 Å². The average molecular weight is 913 g/mol. The second kappa shape index (κ2) is 21.4. The summed E-state index contributed by atoms with van der Waals surface area (Å²) < 4.78 is 11.2. The Balaban J connectivity index is 0.807. The molecule has 0 aliphatic carbocycles. The molecule has 0 atom stereocenters. The van der Waals surface area contributed by atoms with Crippen LogP contribution in [0.25, 0.3) is 0 Å². The summed E-state index contributed by atoms with van der Waals surface area (Å²) in [6.07, 6.45) is 0.513. The van der Waals surface area contributed by atoms with E-state index in [-0.39, 0.29) is 11.8 Å². The number of esters is 2. The van der Waals surface area contributed by atoms with Gasteiger partial charge in [0.05, 0.1) is 33.9 Å². The predicted octanol–water partition coefficient (Wildman–Crippen LogP) is 13.0. The lowest BCUT2D eigenvalue weighted by Gasteiger charge is -2.22. The number of nitrogens with one attached hydrogen (secondary N) is 3. The van der Waals surface area contributed by atoms with Crippen molar-refractivity contribution >= 4 is 57.9 Å². The number of hydrogen-bond acceptors (Lipinski definition) is 10. The van der Waals surface area contributed by atoms with Crippen LogP contribution < -0.4 is 30.5 Å². The van der Waals surface area contributed by atoms with E-state index < -0.39 is 11.9 Å². The number of ether oxygens (including phenoxy) is 2. The quantitative estimate of drug-likeness (QED) is 0.0398. The van der Waals surface area contributed by atoms with Gasteiger partial charge in [-0.05, 0) is 178 Å². The second-order valence-electron chi connectivity index (χ2n) is 16.4. The first kappa shape index (κ1) is 46.4. The van der Waals surface area contributed by atoms with E-state index in [1.54, 1.807) is 109 Å². The van der Waals surface area contributed by atoms with Crippen molar-refractivity contribution < 1.29 is 28.7 Å². The summed E-state index contributed by atoms with van der Waals surface area (Å²) in [6.45, 7) is 5.94. The predicted molar refractivity (Wildman–Crippen MR) is 271 cm³/mol. The summed E-state index contributed by atoms with van der Waals surface area (Å²) in [5.41, 5.74) is 14.3. The maximum Gasteiger partial charge on any atom is 0.343 e. The maximum atomic E-state index is 13.4. The highest BCUT2D eigenvalue weighted by molar-refractivity contribution is 6.05. The largest absolute Gasteiger partial charge is 0.423 e. The van der Waals surface area contributed by atoms with Crippen molar-refractivity contribution in [1.82, 2.24) is 0 Å². The molecule has 12 nitrogen and oxygen atoms in total. The van der Waals surface area contributed by atoms with Crippen molar-refractivity contribution in [3.63, 3.8) is 0 Å². The number of carbonyl (C=O) groups excluding carboxylic acids is 4. The molecule has 69 heavy (non-hydrogen) atoms. The standard InChI is InChI=1S/C57H48N6O6/c1-37-5-12-43(13-6-37)56(66)69-52-32-28-50(29-33-52)63(4)62-49-26-30-51(31-27-49)68-57(67)44-14-10-40(11-15-44)36-45-35-39(3)9-34-53(45)59-55(65)42-18-24-48(25-19-42)61-60-47-22-16-41(17-23-47)54(64)58-46-20-7-38(2)8-21-46/h5-35,62H,36H2,1-4H3,(H,58,64)(H,59,65). The van der Waals surface area contributed by atoms with Crippen LogP contribution in [0.1, 0.15) is 69.2 Å². The number of azo groups is 1. The van der Waals surface area contributed by atoms with Crippen LogP contribution in [0.15, 0.2) is 198 Å². The highest BCUT2D eigenvalue weighted by Crippen LogP contribution is 2.26. The van der Waals surface area contributed by atoms with Crippen molar-refractivity contribution in [3.8, 4) is 11.5 Å². The Morgan fingerprint density at radius 2 is 0.899 bits per heavy atom. The molecule has 0 heterocycles. The highest BCUT2D eigenvalue weighted by Gasteiger charge is 2.14. The van der Waals surface area contributed by atoms with E-state index in [2.05, 4.69) is 26.3 Å². The molecule has 0 spiro atoms. The molecule has 0 fully saturated rings. The minimum Gasteiger partial charge on any atom is -0.423 e. The van der Waals surface area contributed by atoms with E-state index in [0.717, 1.165) is 44.9 Å². The number of anilines is 4. The molecule has 0 aromatic heterocycles. The number of hydrogen-bond donors (Lipinski definition) is 3. The normalized spacial score (nSPS) is 10.8. The number of rotatable bonds is 15. The minimum absolute atomic E-state index is 0.218. The molecule has 0 radical (unpaired) electrons. The van der Waals surface area contributed by atoms with Gasteiger partial charge in [0, 0.05) is 29.5 Å². The summed E-state index contributed by atoms with van der Waals surface area (Å²) in [4.78, 5) is 51.7. The second-order valence-corrected chi connectivity index (χ2v) is 16.4. The molecule has 2 amide bonds. The van der Waals surface area contributed by atoms with Gasteiger partial charge in [-0.25, -0.2) is 9.59 Å². The molecule has 0 aliphatic rings. The zero-order valence-corrected chi connectivity index (χ0v) is 38.4. The molecular formula is C57H48N6O6. The Bertz CT molecular complexity index is 3120. The van der Waals surface area contributed by atoms with Gasteiger partial charge >= 0.3 is 11.9 Å². The Kier molecular flexibility index (Phi) is 14.4. The van der Waals surface area contributed by atoms with Gasteiger partial charge in [-0.1, -0.05) is 65.2 Å². The molecule has 342 valence electrons. The van der Waals surface area contributed by atoms with Crippen LogP contribution in [0.4, 0.5) is 34.1 Å². The van der Waals surface area contributed by atoms with Gasteiger partial charge < -0.3 is 20.1 Å². The Labute approximate surface area is 400 Å². The van der Waals surface area contributed by atoms with Gasteiger partial charge in [-0.3, -0.25) is 20.0 Å². The number of benzene rings is 8. The molecule has 12 heteroatoms. The molecule has 8 aromatic rings. The number of nitrogens with zero attached hydrogens (tertiary/aromatic N) is 3. The van der Waals surface area contributed by atoms with Crippen LogP contribution in [0.3, 0.4) is 0 Å². The molecule has 0 bridgehead atoms. The van der Waals surface area contributed by atoms with Gasteiger partial charge in [0.25, 0.3) is 11.8 Å². The van der Waals surface area contributed by atoms with Gasteiger partial charge in [-0.2, -0.15) is 10.2 Å². The Morgan fingerprint density at radius 3 is 1.43 bits per heavy atom. The summed E-state index contributed by atoms with van der Waals surface area (Å²) in [5, 5.41) is 16.4. The van der Waals surface area contributed by atoms with Crippen molar-refractivity contribution in [2.75, 3.05) is 28.1 Å². The summed E-state index contributed by atoms with van der Waals surface area (Å²) in [7, 11) is 1.86. The topological polar surface area (TPSA) is 151 Å². The fourth-order valence-electron chi connectivity index (χ4n) is 7.09. The molecule has 0 aliphatic heterocycles. The molecule has 0 saturated heterocycles. The fraction of sp³-hybridized carbons (Fsp3) is 0.0877. The highest BCUT2D eigenvalue weighted by atomic mass is 16.5. The third-order valence-corrected chi connectivity index (χ3v) is 11.0. The molecule has 8 aromatic carbocycles. The molecule has 3 N–H and O–H groups in total. The van der Waals surface area contributed by atoms with Crippen LogP contribution in [0, 0.1) is 20.8 Å². The SMILES string of the molecule is Cc1ccc(NC(=O)c2ccc(N=Nc3ccc(C(=O)Nc4ccc(C)cc4Cc4ccc(C(=O)Oc5ccc(NN(C)c6ccc(OC(=O)c7ccc(C)cc7)cc6)cc5)cc4)cc3)cc2)cc1. The first-order chi connectivity index (χ1) is 33.4. The zero-order valence-electron chi connectivity index (χ0n) is 38.4. The van der Waals surface area contributed by atoms with Gasteiger partial charge in [0.15, 0.2) is 0 Å². The Morgan fingerprint density at radius 1 is 0.464 bits per heavy atom. The zero-order chi connectivity index (χ0) is 48.3. The van der Waals surface area contributed by atoms with E-state index in [0.29, 0.717) is 57.2 Å². The van der Waals surface area contributed by atoms with E-state index in [1.165, 1.54) is 0 Å². The van der Waals surface area contributed by atoms with Gasteiger partial charge in [0.1, 0.15) is 11.5 Å². The summed E-state index contributed by atoms with van der Waals surface area (Å²) in [6, 6.07) is 55.7. The average Bonchev–Trinajstić information content (AvgIpc) is 3.36. The molecule has 0 unspecified atom stereocenters. The Hall–Kier alpha value is -9.16. The van der Waals surface area contributed by atoms with E-state index in [1.807, 2.05) is 112 Å². The first-order valence-corrected chi connectivity index (χ1v) is 22.1. The lowest BCUT2D eigenvalue weighted by molar-refractivity contribution is 0.0725. The third-order valence-electron chi connectivity index (χ3n) is 11.0. The summed E-state index contributed by atoms with van der Waals surface area (Å²) in [5.74, 6) is -0.582. The first-order valence-electron chi connectivity index (χ1n) is 22.1. The number of amides is 2. The van der Waals surface area contributed by atoms with E-state index >= 15 is 0 Å². The van der Waals surface area contributed by atoms with Crippen LogP contribution in [-0.2, 0) is 6.42 Å². The lowest BCUT2D eigenvalue weighted by atomic mass is 10.00. The molecular weight excluding hydrogens is 865 g/mol. The monoisotopic (exact) mass is 912 g/mol. The van der Waals surface area contributed by atoms with Crippen molar-refractivity contribution in [2.45, 2.75) is 27.2 Å². The van der Waals surface area contributed by atoms with Crippen molar-refractivity contribution in [2.24, 2.45) is 10.2 Å². The van der Waals surface area contributed by atoms with Crippen LogP contribution in [0.5, 0.6) is 11.5 Å². The number of hydrazine groups is 1. The maximum absolute atomic E-state index is 13.4. The van der Waals surface area contributed by atoms with Gasteiger partial charge in [-0.15, -0.1) is 0 Å². The molecule has 8 rings (SSSR count). The number of aryl methyl sites for hydroxylation is 3. The third kappa shape index (κ3) is 12.6. The fourth-order valence-corrected chi connectivity index (χ4v) is 7.09. The number of carbonyl (C=O) groups is 4. The smallest absolute Gasteiger partial charge is 0.343 e. The van der Waals surface area contributed by atoms with Crippen molar-refractivity contribution in [3.05, 3.63) is 238 Å². The van der Waals surface area contributed by atoms with Crippen LogP contribution >= 0.6 is 0 Å².